The molecule has 0 fully saturated rings. The molecule has 9 amide bonds. The summed E-state index contributed by atoms with van der Waals surface area (Å²) < 4.78 is 5.29. The lowest BCUT2D eigenvalue weighted by molar-refractivity contribution is -0.122. The summed E-state index contributed by atoms with van der Waals surface area (Å²) in [6.07, 6.45) is 8.38. The number of rotatable bonds is 31. The second kappa shape index (κ2) is 39.0. The van der Waals surface area contributed by atoms with Crippen molar-refractivity contribution in [2.45, 2.75) is 184 Å². The van der Waals surface area contributed by atoms with Gasteiger partial charge in [0.2, 0.25) is 47.3 Å². The van der Waals surface area contributed by atoms with Gasteiger partial charge in [-0.05, 0) is 185 Å². The van der Waals surface area contributed by atoms with Crippen LogP contribution in [0.4, 0.5) is 28.4 Å². The average Bonchev–Trinajstić information content (AvgIpc) is 1.62. The van der Waals surface area contributed by atoms with E-state index in [0.29, 0.717) is 103 Å². The summed E-state index contributed by atoms with van der Waals surface area (Å²) in [5.74, 6) is -0.109. The van der Waals surface area contributed by atoms with E-state index in [2.05, 4.69) is 80.8 Å². The van der Waals surface area contributed by atoms with Gasteiger partial charge in [-0.3, -0.25) is 43.2 Å². The van der Waals surface area contributed by atoms with Gasteiger partial charge in [-0.1, -0.05) is 112 Å². The third-order valence-electron chi connectivity index (χ3n) is 17.2. The molecule has 6 aromatic carbocycles. The molecule has 98 heavy (non-hydrogen) atoms. The Morgan fingerprint density at radius 3 is 1.02 bits per heavy atom. The van der Waals surface area contributed by atoms with Gasteiger partial charge in [-0.2, -0.15) is 0 Å². The summed E-state index contributed by atoms with van der Waals surface area (Å²) in [4.78, 5) is 109. The fraction of sp³-hybridized carbons (Fsp3) is 0.430. The normalized spacial score (nSPS) is 13.1. The number of anilines is 5. The largest absolute Gasteiger partial charge is 0.372 e. The second-order valence-electron chi connectivity index (χ2n) is 25.0. The topological polar surface area (TPSA) is 271 Å². The maximum atomic E-state index is 12.7. The predicted octanol–water partition coefficient (Wildman–Crippen LogP) is 14.9. The van der Waals surface area contributed by atoms with E-state index in [-0.39, 0.29) is 85.0 Å². The molecule has 2 atom stereocenters. The number of hydrogen-bond donors (Lipinski definition) is 9. The van der Waals surface area contributed by atoms with Crippen LogP contribution in [0.5, 0.6) is 0 Å². The Bertz CT molecular complexity index is 3700. The molecular weight excluding hydrogens is 1230 g/mol. The highest BCUT2D eigenvalue weighted by Gasteiger charge is 2.31. The van der Waals surface area contributed by atoms with Crippen LogP contribution in [0, 0.1) is 0 Å². The van der Waals surface area contributed by atoms with E-state index < -0.39 is 0 Å². The lowest BCUT2D eigenvalue weighted by atomic mass is 9.97. The highest BCUT2D eigenvalue weighted by Crippen LogP contribution is 2.49. The fourth-order valence-corrected chi connectivity index (χ4v) is 12.2. The van der Waals surface area contributed by atoms with Crippen LogP contribution in [-0.2, 0) is 43.1 Å². The Morgan fingerprint density at radius 1 is 0.347 bits per heavy atom. The molecule has 0 aromatic heterocycles. The van der Waals surface area contributed by atoms with E-state index in [1.807, 2.05) is 139 Å². The summed E-state index contributed by atoms with van der Waals surface area (Å²) >= 11 is 0. The number of nitrogens with one attached hydrogen (secondary N) is 9. The van der Waals surface area contributed by atoms with Crippen LogP contribution in [0.3, 0.4) is 0 Å². The van der Waals surface area contributed by atoms with E-state index in [4.69, 9.17) is 4.74 Å². The molecule has 524 valence electrons. The predicted molar refractivity (Wildman–Crippen MR) is 394 cm³/mol. The number of fused-ring (bicyclic) bond motifs is 9. The van der Waals surface area contributed by atoms with Gasteiger partial charge in [0.05, 0.1) is 0 Å². The number of carbonyl (C=O) groups excluding carboxylic acids is 9. The van der Waals surface area contributed by atoms with E-state index in [9.17, 15) is 43.2 Å². The maximum Gasteiger partial charge on any atom is 0.251 e. The van der Waals surface area contributed by atoms with E-state index in [1.165, 1.54) is 22.3 Å². The van der Waals surface area contributed by atoms with Crippen molar-refractivity contribution in [1.82, 2.24) is 21.3 Å². The molecule has 19 nitrogen and oxygen atoms in total. The third kappa shape index (κ3) is 21.8. The van der Waals surface area contributed by atoms with Crippen LogP contribution in [0.1, 0.15) is 228 Å². The minimum atomic E-state index is -0.142. The lowest BCUT2D eigenvalue weighted by Gasteiger charge is -2.11. The first-order chi connectivity index (χ1) is 46.8. The molecule has 0 heterocycles. The Hall–Kier alpha value is -9.49. The summed E-state index contributed by atoms with van der Waals surface area (Å²) in [6.45, 7) is 21.6. The van der Waals surface area contributed by atoms with Crippen molar-refractivity contribution in [3.8, 4) is 33.4 Å². The van der Waals surface area contributed by atoms with Crippen molar-refractivity contribution in [2.24, 2.45) is 0 Å². The summed E-state index contributed by atoms with van der Waals surface area (Å²) in [5.41, 5.74) is 18.0. The molecular formula is C79H103N9O10. The molecule has 3 aliphatic rings. The number of ether oxygens (including phenoxy) is 1. The number of carbonyl (C=O) groups is 9. The van der Waals surface area contributed by atoms with Crippen LogP contribution in [0.25, 0.3) is 33.4 Å². The van der Waals surface area contributed by atoms with Crippen LogP contribution < -0.4 is 47.9 Å². The van der Waals surface area contributed by atoms with Gasteiger partial charge in [0.1, 0.15) is 6.61 Å². The maximum absolute atomic E-state index is 12.7. The Labute approximate surface area is 579 Å². The molecule has 0 saturated carbocycles. The van der Waals surface area contributed by atoms with Gasteiger partial charge in [0.25, 0.3) is 5.91 Å². The van der Waals surface area contributed by atoms with Crippen molar-refractivity contribution in [3.63, 3.8) is 0 Å². The quantitative estimate of drug-likeness (QED) is 0.0186. The number of amides is 9. The summed E-state index contributed by atoms with van der Waals surface area (Å²) in [5, 5.41) is 26.1. The van der Waals surface area contributed by atoms with Crippen LogP contribution in [0.15, 0.2) is 109 Å². The molecule has 0 saturated heterocycles. The molecule has 0 radical (unpaired) electrons. The van der Waals surface area contributed by atoms with Crippen molar-refractivity contribution in [2.75, 3.05) is 66.0 Å². The van der Waals surface area contributed by atoms with Gasteiger partial charge in [0, 0.05) is 129 Å². The SMILES string of the molecule is C.CCCNC(=O)CCCC(=O)Nc1ccc2c(c1)C(C)c1cc(NC(=O)CCCC(=O)NCCC)ccc1-2.CCCNC(=O)CCCC(=O)Nc1ccc2c(c1)C(C)c1cccc(C(=O)NCCC)c1-2.CCCOCC(=O)Nc1ccc2c(c1)C(C)c1cc(NC(=O)CC)ccc1-2. The zero-order chi connectivity index (χ0) is 70.0. The van der Waals surface area contributed by atoms with Crippen molar-refractivity contribution in [1.29, 1.82) is 0 Å². The van der Waals surface area contributed by atoms with Crippen LogP contribution in [0.2, 0.25) is 0 Å². The molecule has 3 aliphatic carbocycles. The monoisotopic (exact) mass is 1340 g/mol. The highest BCUT2D eigenvalue weighted by atomic mass is 16.5. The van der Waals surface area contributed by atoms with Crippen molar-refractivity contribution < 1.29 is 47.9 Å². The summed E-state index contributed by atoms with van der Waals surface area (Å²) in [6, 6.07) is 35.6. The van der Waals surface area contributed by atoms with Gasteiger partial charge < -0.3 is 52.6 Å². The van der Waals surface area contributed by atoms with Gasteiger partial charge in [-0.25, -0.2) is 0 Å². The minimum absolute atomic E-state index is 0. The molecule has 0 bridgehead atoms. The molecule has 19 heteroatoms. The standard InChI is InChI=1S/C30H40N4O4.C26H33N3O3.C22H26N2O3.CH4/c1-4-16-31-27(35)8-6-10-29(37)33-21-12-14-23-24-15-13-22(19-26(24)20(3)25(23)18-21)34-30(38)11-7-9-28(36)32-17-5-2;1-4-14-27-23(30)10-7-11-24(31)29-18-12-13-20-22(16-18)17(3)19-8-6-9-21(25(19)20)26(32)28-15-5-2;1-4-10-27-13-22(26)24-16-7-9-18-17-8-6-15(23-21(25)5-2)11-19(17)14(3)20(18)12-16;/h12-15,18-20H,4-11,16-17H2,1-3H3,(H,31,35)(H,32,36)(H,33,37)(H,34,38);6,8-9,12-13,16-17H,4-5,7,10-11,14-15H2,1-3H3,(H,27,30)(H,28,32)(H,29,31);6-9,11-12,14H,4-5,10,13H2,1-3H3,(H,23,25)(H,24,26);1H4. The van der Waals surface area contributed by atoms with Gasteiger partial charge in [0.15, 0.2) is 0 Å². The zero-order valence-electron chi connectivity index (χ0n) is 58.1. The first kappa shape index (κ1) is 77.5. The molecule has 0 spiro atoms. The molecule has 2 unspecified atom stereocenters. The number of hydrogen-bond acceptors (Lipinski definition) is 10. The molecule has 6 aromatic rings. The zero-order valence-corrected chi connectivity index (χ0v) is 58.1. The van der Waals surface area contributed by atoms with Crippen molar-refractivity contribution in [3.05, 3.63) is 148 Å². The highest BCUT2D eigenvalue weighted by molar-refractivity contribution is 6.04. The molecule has 9 N–H and O–H groups in total. The first-order valence-corrected chi connectivity index (χ1v) is 34.8. The van der Waals surface area contributed by atoms with E-state index in [1.54, 1.807) is 0 Å². The smallest absolute Gasteiger partial charge is 0.251 e. The Kier molecular flexibility index (Phi) is 30.9. The third-order valence-corrected chi connectivity index (χ3v) is 17.2. The van der Waals surface area contributed by atoms with Crippen LogP contribution in [-0.4, -0.2) is 92.6 Å². The molecule has 9 rings (SSSR count). The van der Waals surface area contributed by atoms with Crippen LogP contribution >= 0.6 is 0 Å². The van der Waals surface area contributed by atoms with E-state index in [0.717, 1.165) is 105 Å². The minimum Gasteiger partial charge on any atom is -0.372 e. The first-order valence-electron chi connectivity index (χ1n) is 34.8. The second-order valence-corrected chi connectivity index (χ2v) is 25.0. The summed E-state index contributed by atoms with van der Waals surface area (Å²) in [7, 11) is 0. The van der Waals surface area contributed by atoms with E-state index >= 15 is 0 Å². The van der Waals surface area contributed by atoms with Gasteiger partial charge >= 0.3 is 0 Å². The average molecular weight is 1340 g/mol. The lowest BCUT2D eigenvalue weighted by Crippen LogP contribution is -2.24. The fourth-order valence-electron chi connectivity index (χ4n) is 12.2. The Morgan fingerprint density at radius 2 is 0.663 bits per heavy atom. The van der Waals surface area contributed by atoms with Crippen molar-refractivity contribution >= 4 is 81.6 Å². The van der Waals surface area contributed by atoms with Gasteiger partial charge in [-0.15, -0.1) is 0 Å². The molecule has 0 aliphatic heterocycles. The Balaban J connectivity index is 0.000000234. The number of benzene rings is 6.